The van der Waals surface area contributed by atoms with Crippen LogP contribution in [0, 0.1) is 0 Å². The van der Waals surface area contributed by atoms with Crippen LogP contribution in [-0.4, -0.2) is 89.9 Å². The second kappa shape index (κ2) is 9.88. The minimum atomic E-state index is -0.523. The van der Waals surface area contributed by atoms with Crippen molar-refractivity contribution in [2.75, 3.05) is 63.4 Å². The standard InChI is InChI=1S/C21H27N9O3/c1-14(22)24-20(31)15-12-16(28(2)6-9-32-3)17-18(25-15)19(29-7-10-33-11-8-29)27-21(26-17)30-5-4-23-13-30/h4-5,12-13H,6-11H2,1-3H3,(H2,22,24,31). The monoisotopic (exact) mass is 453 g/mol. The third-order valence-corrected chi connectivity index (χ3v) is 5.19. The first-order chi connectivity index (χ1) is 16.0. The topological polar surface area (TPSA) is 137 Å². The molecule has 12 heteroatoms. The van der Waals surface area contributed by atoms with Gasteiger partial charge in [0, 0.05) is 46.2 Å². The number of fused-ring (bicyclic) bond motifs is 1. The van der Waals surface area contributed by atoms with Gasteiger partial charge in [0.2, 0.25) is 5.95 Å². The Bertz CT molecular complexity index is 1150. The summed E-state index contributed by atoms with van der Waals surface area (Å²) in [6.07, 6.45) is 5.09. The minimum Gasteiger partial charge on any atom is -0.387 e. The molecule has 0 spiro atoms. The first kappa shape index (κ1) is 22.6. The van der Waals surface area contributed by atoms with Crippen LogP contribution in [0.25, 0.3) is 17.0 Å². The maximum atomic E-state index is 12.8. The van der Waals surface area contributed by atoms with Crippen LogP contribution in [0.5, 0.6) is 0 Å². The number of carbonyl (C=O) groups excluding carboxylic acids is 1. The molecule has 0 saturated carbocycles. The molecule has 174 valence electrons. The summed E-state index contributed by atoms with van der Waals surface area (Å²) in [5, 5.41) is 0. The Hall–Kier alpha value is -3.64. The molecule has 4 heterocycles. The third-order valence-electron chi connectivity index (χ3n) is 5.19. The zero-order valence-corrected chi connectivity index (χ0v) is 18.9. The highest BCUT2D eigenvalue weighted by Crippen LogP contribution is 2.31. The summed E-state index contributed by atoms with van der Waals surface area (Å²) in [5.41, 5.74) is 7.65. The number of amides is 1. The van der Waals surface area contributed by atoms with Gasteiger partial charge in [0.15, 0.2) is 5.82 Å². The van der Waals surface area contributed by atoms with Gasteiger partial charge < -0.3 is 25.0 Å². The average Bonchev–Trinajstić information content (AvgIpc) is 3.36. The smallest absolute Gasteiger partial charge is 0.297 e. The lowest BCUT2D eigenvalue weighted by Gasteiger charge is -2.29. The Labute approximate surface area is 191 Å². The number of aromatic nitrogens is 5. The van der Waals surface area contributed by atoms with Crippen LogP contribution in [0.4, 0.5) is 11.5 Å². The van der Waals surface area contributed by atoms with E-state index < -0.39 is 5.91 Å². The number of anilines is 2. The Kier molecular flexibility index (Phi) is 6.75. The van der Waals surface area contributed by atoms with Crippen molar-refractivity contribution in [2.24, 2.45) is 10.7 Å². The molecular formula is C21H27N9O3. The molecule has 33 heavy (non-hydrogen) atoms. The maximum absolute atomic E-state index is 12.8. The van der Waals surface area contributed by atoms with Gasteiger partial charge >= 0.3 is 0 Å². The van der Waals surface area contributed by atoms with Gasteiger partial charge in [-0.2, -0.15) is 9.98 Å². The van der Waals surface area contributed by atoms with Crippen LogP contribution in [-0.2, 0) is 9.47 Å². The largest absolute Gasteiger partial charge is 0.387 e. The molecule has 12 nitrogen and oxygen atoms in total. The summed E-state index contributed by atoms with van der Waals surface area (Å²) in [7, 11) is 3.55. The first-order valence-corrected chi connectivity index (χ1v) is 10.6. The molecule has 1 fully saturated rings. The molecule has 0 atom stereocenters. The predicted octanol–water partition coefficient (Wildman–Crippen LogP) is 0.647. The van der Waals surface area contributed by atoms with Gasteiger partial charge in [-0.25, -0.2) is 15.0 Å². The highest BCUT2D eigenvalue weighted by molar-refractivity contribution is 6.05. The second-order valence-electron chi connectivity index (χ2n) is 7.61. The van der Waals surface area contributed by atoms with Crippen molar-refractivity contribution >= 4 is 34.3 Å². The number of pyridine rings is 1. The maximum Gasteiger partial charge on any atom is 0.297 e. The predicted molar refractivity (Wildman–Crippen MR) is 124 cm³/mol. The van der Waals surface area contributed by atoms with Crippen LogP contribution in [0.1, 0.15) is 17.4 Å². The number of methoxy groups -OCH3 is 1. The minimum absolute atomic E-state index is 0.163. The van der Waals surface area contributed by atoms with Crippen molar-refractivity contribution in [2.45, 2.75) is 6.92 Å². The average molecular weight is 454 g/mol. The molecule has 3 aromatic heterocycles. The number of imidazole rings is 1. The number of likely N-dealkylation sites (N-methyl/N-ethyl adjacent to an activating group) is 1. The van der Waals surface area contributed by atoms with E-state index in [9.17, 15) is 4.79 Å². The summed E-state index contributed by atoms with van der Waals surface area (Å²) in [6, 6.07) is 1.68. The van der Waals surface area contributed by atoms with Gasteiger partial charge in [0.05, 0.1) is 25.5 Å². The third kappa shape index (κ3) is 4.91. The van der Waals surface area contributed by atoms with E-state index in [0.29, 0.717) is 67.9 Å². The lowest BCUT2D eigenvalue weighted by Crippen LogP contribution is -2.37. The van der Waals surface area contributed by atoms with E-state index in [2.05, 4.69) is 19.9 Å². The zero-order valence-electron chi connectivity index (χ0n) is 18.9. The quantitative estimate of drug-likeness (QED) is 0.401. The number of aliphatic imine (C=N–C) groups is 1. The summed E-state index contributed by atoms with van der Waals surface area (Å²) in [5.74, 6) is 0.720. The fraction of sp³-hybridized carbons (Fsp3) is 0.429. The second-order valence-corrected chi connectivity index (χ2v) is 7.61. The van der Waals surface area contributed by atoms with Gasteiger partial charge in [0.1, 0.15) is 28.9 Å². The molecule has 0 bridgehead atoms. The molecule has 1 amide bonds. The highest BCUT2D eigenvalue weighted by atomic mass is 16.5. The number of amidine groups is 1. The van der Waals surface area contributed by atoms with Crippen LogP contribution in [0.3, 0.4) is 0 Å². The van der Waals surface area contributed by atoms with E-state index in [1.54, 1.807) is 43.4 Å². The fourth-order valence-electron chi connectivity index (χ4n) is 3.52. The number of rotatable bonds is 7. The number of nitrogens with two attached hydrogens (primary N) is 1. The molecule has 0 unspecified atom stereocenters. The van der Waals surface area contributed by atoms with Gasteiger partial charge in [-0.05, 0) is 13.0 Å². The van der Waals surface area contributed by atoms with Gasteiger partial charge in [-0.15, -0.1) is 0 Å². The number of ether oxygens (including phenoxy) is 2. The summed E-state index contributed by atoms with van der Waals surface area (Å²) in [6.45, 7) is 5.07. The lowest BCUT2D eigenvalue weighted by molar-refractivity contribution is 0.0998. The van der Waals surface area contributed by atoms with Crippen LogP contribution < -0.4 is 15.5 Å². The molecule has 0 radical (unpaired) electrons. The fourth-order valence-corrected chi connectivity index (χ4v) is 3.52. The van der Waals surface area contributed by atoms with E-state index >= 15 is 0 Å². The summed E-state index contributed by atoms with van der Waals surface area (Å²) >= 11 is 0. The van der Waals surface area contributed by atoms with Crippen molar-refractivity contribution in [3.8, 4) is 5.95 Å². The zero-order chi connectivity index (χ0) is 23.4. The van der Waals surface area contributed by atoms with Crippen molar-refractivity contribution < 1.29 is 14.3 Å². The van der Waals surface area contributed by atoms with Gasteiger partial charge in [-0.3, -0.25) is 9.36 Å². The van der Waals surface area contributed by atoms with Crippen LogP contribution >= 0.6 is 0 Å². The molecule has 1 aliphatic heterocycles. The molecule has 0 aliphatic carbocycles. The molecule has 2 N–H and O–H groups in total. The van der Waals surface area contributed by atoms with E-state index in [1.807, 2.05) is 11.9 Å². The molecule has 1 saturated heterocycles. The Morgan fingerprint density at radius 2 is 2.06 bits per heavy atom. The van der Waals surface area contributed by atoms with Gasteiger partial charge in [0.25, 0.3) is 5.91 Å². The first-order valence-electron chi connectivity index (χ1n) is 10.6. The normalized spacial score (nSPS) is 14.6. The van der Waals surface area contributed by atoms with Crippen LogP contribution in [0.15, 0.2) is 29.8 Å². The highest BCUT2D eigenvalue weighted by Gasteiger charge is 2.24. The van der Waals surface area contributed by atoms with Crippen molar-refractivity contribution in [3.05, 3.63) is 30.5 Å². The number of carbonyl (C=O) groups is 1. The number of hydrogen-bond donors (Lipinski definition) is 1. The van der Waals surface area contributed by atoms with E-state index in [4.69, 9.17) is 25.2 Å². The molecular weight excluding hydrogens is 426 g/mol. The molecule has 3 aromatic rings. The van der Waals surface area contributed by atoms with Crippen LogP contribution in [0.2, 0.25) is 0 Å². The number of nitrogens with zero attached hydrogens (tertiary/aromatic N) is 8. The number of hydrogen-bond acceptors (Lipinski definition) is 9. The summed E-state index contributed by atoms with van der Waals surface area (Å²) in [4.78, 5) is 39.1. The van der Waals surface area contributed by atoms with E-state index in [0.717, 1.165) is 0 Å². The van der Waals surface area contributed by atoms with Gasteiger partial charge in [-0.1, -0.05) is 0 Å². The van der Waals surface area contributed by atoms with Crippen molar-refractivity contribution in [1.29, 1.82) is 0 Å². The van der Waals surface area contributed by atoms with E-state index in [-0.39, 0.29) is 11.5 Å². The number of morpholine rings is 1. The van der Waals surface area contributed by atoms with E-state index in [1.165, 1.54) is 0 Å². The Balaban J connectivity index is 1.97. The SMILES string of the molecule is COCCN(C)c1cc(C(=O)N=C(C)N)nc2c(N3CCOCC3)nc(-n3ccnc3)nc12. The molecule has 4 rings (SSSR count). The van der Waals surface area contributed by atoms with Crippen molar-refractivity contribution in [1.82, 2.24) is 24.5 Å². The Morgan fingerprint density at radius 1 is 1.27 bits per heavy atom. The lowest BCUT2D eigenvalue weighted by atomic mass is 10.2. The Morgan fingerprint density at radius 3 is 2.73 bits per heavy atom. The van der Waals surface area contributed by atoms with Crippen molar-refractivity contribution in [3.63, 3.8) is 0 Å². The molecule has 0 aromatic carbocycles. The summed E-state index contributed by atoms with van der Waals surface area (Å²) < 4.78 is 12.5. The molecule has 1 aliphatic rings.